The van der Waals surface area contributed by atoms with E-state index in [1.165, 1.54) is 4.90 Å². The highest BCUT2D eigenvalue weighted by molar-refractivity contribution is 5.96. The summed E-state index contributed by atoms with van der Waals surface area (Å²) in [5.74, 6) is -0.141. The van der Waals surface area contributed by atoms with Crippen molar-refractivity contribution in [2.75, 3.05) is 11.9 Å². The lowest BCUT2D eigenvalue weighted by molar-refractivity contribution is -0.119. The number of amides is 1. The molecule has 84 valence electrons. The number of hydrogen-bond acceptors (Lipinski definition) is 3. The molecule has 0 spiro atoms. The monoisotopic (exact) mass is 217 g/mol. The standard InChI is InChI=1S/C12H15N3O/c1-3-11(14)12(16)15(2)10-6-4-5-9(7-10)8-13/h4-7,11H,3,14H2,1-2H3/t11-/m1/s1. The highest BCUT2D eigenvalue weighted by Crippen LogP contribution is 2.15. The molecule has 0 heterocycles. The number of nitrogens with zero attached hydrogens (tertiary/aromatic N) is 2. The minimum absolute atomic E-state index is 0.141. The Balaban J connectivity index is 2.92. The van der Waals surface area contributed by atoms with Crippen LogP contribution in [-0.2, 0) is 4.79 Å². The van der Waals surface area contributed by atoms with Crippen LogP contribution in [-0.4, -0.2) is 19.0 Å². The number of hydrogen-bond donors (Lipinski definition) is 1. The SMILES string of the molecule is CC[C@@H](N)C(=O)N(C)c1cccc(C#N)c1. The number of likely N-dealkylation sites (N-methyl/N-ethyl adjacent to an activating group) is 1. The topological polar surface area (TPSA) is 70.1 Å². The minimum atomic E-state index is -0.490. The molecular formula is C12H15N3O. The molecule has 16 heavy (non-hydrogen) atoms. The molecule has 0 fully saturated rings. The van der Waals surface area contributed by atoms with E-state index in [0.29, 0.717) is 17.7 Å². The third kappa shape index (κ3) is 2.59. The average molecular weight is 217 g/mol. The zero-order chi connectivity index (χ0) is 12.1. The predicted molar refractivity (Wildman–Crippen MR) is 62.8 cm³/mol. The molecule has 0 bridgehead atoms. The van der Waals surface area contributed by atoms with E-state index in [2.05, 4.69) is 0 Å². The zero-order valence-electron chi connectivity index (χ0n) is 9.47. The number of anilines is 1. The van der Waals surface area contributed by atoms with Gasteiger partial charge >= 0.3 is 0 Å². The Morgan fingerprint density at radius 3 is 2.88 bits per heavy atom. The van der Waals surface area contributed by atoms with E-state index in [0.717, 1.165) is 0 Å². The van der Waals surface area contributed by atoms with Crippen LogP contribution in [0.4, 0.5) is 5.69 Å². The summed E-state index contributed by atoms with van der Waals surface area (Å²) < 4.78 is 0. The fraction of sp³-hybridized carbons (Fsp3) is 0.333. The fourth-order valence-electron chi connectivity index (χ4n) is 1.33. The molecule has 1 aromatic carbocycles. The number of nitriles is 1. The van der Waals surface area contributed by atoms with Gasteiger partial charge in [-0.3, -0.25) is 4.79 Å². The Morgan fingerprint density at radius 2 is 2.31 bits per heavy atom. The van der Waals surface area contributed by atoms with Gasteiger partial charge in [-0.25, -0.2) is 0 Å². The van der Waals surface area contributed by atoms with Gasteiger partial charge in [-0.05, 0) is 24.6 Å². The van der Waals surface area contributed by atoms with Gasteiger partial charge < -0.3 is 10.6 Å². The zero-order valence-corrected chi connectivity index (χ0v) is 9.47. The quantitative estimate of drug-likeness (QED) is 0.828. The number of carbonyl (C=O) groups excluding carboxylic acids is 1. The van der Waals surface area contributed by atoms with Crippen molar-refractivity contribution in [1.82, 2.24) is 0 Å². The van der Waals surface area contributed by atoms with Gasteiger partial charge in [0.2, 0.25) is 5.91 Å². The number of nitrogens with two attached hydrogens (primary N) is 1. The molecule has 1 atom stereocenters. The molecular weight excluding hydrogens is 202 g/mol. The predicted octanol–water partition coefficient (Wildman–Crippen LogP) is 1.26. The van der Waals surface area contributed by atoms with Crippen molar-refractivity contribution in [1.29, 1.82) is 5.26 Å². The van der Waals surface area contributed by atoms with Gasteiger partial charge in [-0.15, -0.1) is 0 Å². The largest absolute Gasteiger partial charge is 0.320 e. The Hall–Kier alpha value is -1.86. The van der Waals surface area contributed by atoms with Crippen molar-refractivity contribution in [2.45, 2.75) is 19.4 Å². The molecule has 0 aliphatic heterocycles. The molecule has 1 aromatic rings. The lowest BCUT2D eigenvalue weighted by atomic mass is 10.1. The molecule has 1 amide bonds. The van der Waals surface area contributed by atoms with Crippen LogP contribution in [0.1, 0.15) is 18.9 Å². The summed E-state index contributed by atoms with van der Waals surface area (Å²) >= 11 is 0. The maximum Gasteiger partial charge on any atom is 0.243 e. The van der Waals surface area contributed by atoms with Gasteiger partial charge in [0.15, 0.2) is 0 Å². The van der Waals surface area contributed by atoms with Crippen LogP contribution in [0.5, 0.6) is 0 Å². The highest BCUT2D eigenvalue weighted by atomic mass is 16.2. The average Bonchev–Trinajstić information content (AvgIpc) is 2.36. The van der Waals surface area contributed by atoms with Gasteiger partial charge in [0.05, 0.1) is 17.7 Å². The van der Waals surface area contributed by atoms with E-state index in [9.17, 15) is 4.79 Å². The molecule has 1 rings (SSSR count). The van der Waals surface area contributed by atoms with E-state index in [1.54, 1.807) is 31.3 Å². The lowest BCUT2D eigenvalue weighted by Gasteiger charge is -2.20. The second kappa shape index (κ2) is 5.29. The molecule has 4 heteroatoms. The maximum atomic E-state index is 11.8. The van der Waals surface area contributed by atoms with E-state index in [-0.39, 0.29) is 5.91 Å². The van der Waals surface area contributed by atoms with Crippen LogP contribution < -0.4 is 10.6 Å². The number of rotatable bonds is 3. The third-order valence-corrected chi connectivity index (χ3v) is 2.45. The molecule has 0 aromatic heterocycles. The van der Waals surface area contributed by atoms with Gasteiger partial charge in [0.1, 0.15) is 0 Å². The third-order valence-electron chi connectivity index (χ3n) is 2.45. The Bertz CT molecular complexity index is 423. The van der Waals surface area contributed by atoms with E-state index < -0.39 is 6.04 Å². The summed E-state index contributed by atoms with van der Waals surface area (Å²) in [6, 6.07) is 8.43. The first-order chi connectivity index (χ1) is 7.60. The Kier molecular flexibility index (Phi) is 4.03. The van der Waals surface area contributed by atoms with Crippen LogP contribution in [0.15, 0.2) is 24.3 Å². The van der Waals surface area contributed by atoms with Gasteiger partial charge in [0, 0.05) is 12.7 Å². The Morgan fingerprint density at radius 1 is 1.62 bits per heavy atom. The van der Waals surface area contributed by atoms with E-state index in [1.807, 2.05) is 13.0 Å². The normalized spacial score (nSPS) is 11.6. The fourth-order valence-corrected chi connectivity index (χ4v) is 1.33. The van der Waals surface area contributed by atoms with Crippen molar-refractivity contribution >= 4 is 11.6 Å². The summed E-state index contributed by atoms with van der Waals surface area (Å²) in [5, 5.41) is 8.76. The van der Waals surface area contributed by atoms with Crippen molar-refractivity contribution < 1.29 is 4.79 Å². The molecule has 0 unspecified atom stereocenters. The lowest BCUT2D eigenvalue weighted by Crippen LogP contribution is -2.41. The second-order valence-electron chi connectivity index (χ2n) is 3.57. The summed E-state index contributed by atoms with van der Waals surface area (Å²) in [6.07, 6.45) is 0.598. The first-order valence-corrected chi connectivity index (χ1v) is 5.13. The summed E-state index contributed by atoms with van der Waals surface area (Å²) in [7, 11) is 1.66. The molecule has 0 saturated carbocycles. The molecule has 0 radical (unpaired) electrons. The van der Waals surface area contributed by atoms with Crippen LogP contribution in [0.3, 0.4) is 0 Å². The summed E-state index contributed by atoms with van der Waals surface area (Å²) in [6.45, 7) is 1.86. The van der Waals surface area contributed by atoms with Crippen molar-refractivity contribution in [3.05, 3.63) is 29.8 Å². The molecule has 2 N–H and O–H groups in total. The van der Waals surface area contributed by atoms with Crippen LogP contribution in [0, 0.1) is 11.3 Å². The van der Waals surface area contributed by atoms with Crippen LogP contribution >= 0.6 is 0 Å². The van der Waals surface area contributed by atoms with Gasteiger partial charge in [-0.1, -0.05) is 13.0 Å². The highest BCUT2D eigenvalue weighted by Gasteiger charge is 2.17. The van der Waals surface area contributed by atoms with Crippen molar-refractivity contribution in [3.63, 3.8) is 0 Å². The second-order valence-corrected chi connectivity index (χ2v) is 3.57. The van der Waals surface area contributed by atoms with Gasteiger partial charge in [-0.2, -0.15) is 5.26 Å². The molecule has 0 aliphatic rings. The Labute approximate surface area is 95.3 Å². The van der Waals surface area contributed by atoms with E-state index in [4.69, 9.17) is 11.0 Å². The van der Waals surface area contributed by atoms with Crippen molar-refractivity contribution in [2.24, 2.45) is 5.73 Å². The van der Waals surface area contributed by atoms with Crippen LogP contribution in [0.25, 0.3) is 0 Å². The smallest absolute Gasteiger partial charge is 0.243 e. The maximum absolute atomic E-state index is 11.8. The number of carbonyl (C=O) groups is 1. The van der Waals surface area contributed by atoms with Crippen molar-refractivity contribution in [3.8, 4) is 6.07 Å². The van der Waals surface area contributed by atoms with Crippen LogP contribution in [0.2, 0.25) is 0 Å². The minimum Gasteiger partial charge on any atom is -0.320 e. The molecule has 4 nitrogen and oxygen atoms in total. The molecule has 0 saturated heterocycles. The van der Waals surface area contributed by atoms with E-state index >= 15 is 0 Å². The summed E-state index contributed by atoms with van der Waals surface area (Å²) in [5.41, 5.74) is 6.89. The molecule has 0 aliphatic carbocycles. The van der Waals surface area contributed by atoms with Gasteiger partial charge in [0.25, 0.3) is 0 Å². The first kappa shape index (κ1) is 12.2. The summed E-state index contributed by atoms with van der Waals surface area (Å²) in [4.78, 5) is 13.3. The first-order valence-electron chi connectivity index (χ1n) is 5.13. The number of benzene rings is 1.